The standard InChI is InChI=1S/C17H22N2O5S2/c1-3-18-26(22,23)16-9-10-17(14(2)13-16)24-12-11-19-25(20,21)15-7-5-4-6-8-15/h4-10,13,18-19H,3,11-12H2,1-2H3. The van der Waals surface area contributed by atoms with Gasteiger partial charge in [0.2, 0.25) is 20.0 Å². The van der Waals surface area contributed by atoms with Crippen molar-refractivity contribution in [2.75, 3.05) is 19.7 Å². The topological polar surface area (TPSA) is 102 Å². The summed E-state index contributed by atoms with van der Waals surface area (Å²) in [6, 6.07) is 12.6. The molecule has 2 aromatic carbocycles. The molecule has 0 radical (unpaired) electrons. The summed E-state index contributed by atoms with van der Waals surface area (Å²) in [6.45, 7) is 3.95. The monoisotopic (exact) mass is 398 g/mol. The van der Waals surface area contributed by atoms with Crippen LogP contribution in [0.1, 0.15) is 12.5 Å². The van der Waals surface area contributed by atoms with Crippen LogP contribution in [0.15, 0.2) is 58.3 Å². The van der Waals surface area contributed by atoms with Crippen LogP contribution in [-0.2, 0) is 20.0 Å². The second-order valence-corrected chi connectivity index (χ2v) is 9.02. The number of benzene rings is 2. The van der Waals surface area contributed by atoms with Crippen LogP contribution in [0.2, 0.25) is 0 Å². The third kappa shape index (κ3) is 5.28. The fourth-order valence-corrected chi connectivity index (χ4v) is 4.40. The van der Waals surface area contributed by atoms with E-state index in [1.54, 1.807) is 38.1 Å². The highest BCUT2D eigenvalue weighted by molar-refractivity contribution is 7.89. The number of sulfonamides is 2. The first-order valence-electron chi connectivity index (χ1n) is 8.04. The highest BCUT2D eigenvalue weighted by Crippen LogP contribution is 2.21. The summed E-state index contributed by atoms with van der Waals surface area (Å²) in [7, 11) is -7.10. The van der Waals surface area contributed by atoms with Crippen molar-refractivity contribution in [3.05, 3.63) is 54.1 Å². The Balaban J connectivity index is 1.94. The van der Waals surface area contributed by atoms with Crippen LogP contribution < -0.4 is 14.2 Å². The molecule has 7 nitrogen and oxygen atoms in total. The van der Waals surface area contributed by atoms with E-state index in [0.717, 1.165) is 0 Å². The average Bonchev–Trinajstić information content (AvgIpc) is 2.60. The molecule has 0 unspecified atom stereocenters. The van der Waals surface area contributed by atoms with Gasteiger partial charge in [0, 0.05) is 13.1 Å². The molecule has 0 aliphatic rings. The van der Waals surface area contributed by atoms with Crippen LogP contribution in [-0.4, -0.2) is 36.5 Å². The maximum absolute atomic E-state index is 12.1. The lowest BCUT2D eigenvalue weighted by atomic mass is 10.2. The van der Waals surface area contributed by atoms with Gasteiger partial charge in [-0.3, -0.25) is 0 Å². The molecule has 0 saturated carbocycles. The summed E-state index contributed by atoms with van der Waals surface area (Å²) < 4.78 is 58.6. The van der Waals surface area contributed by atoms with Gasteiger partial charge >= 0.3 is 0 Å². The summed E-state index contributed by atoms with van der Waals surface area (Å²) >= 11 is 0. The van der Waals surface area contributed by atoms with Crippen molar-refractivity contribution in [1.29, 1.82) is 0 Å². The van der Waals surface area contributed by atoms with Gasteiger partial charge in [-0.05, 0) is 42.8 Å². The van der Waals surface area contributed by atoms with Gasteiger partial charge in [-0.15, -0.1) is 0 Å². The van der Waals surface area contributed by atoms with Gasteiger partial charge in [0.05, 0.1) is 9.79 Å². The van der Waals surface area contributed by atoms with Gasteiger partial charge in [-0.1, -0.05) is 25.1 Å². The molecule has 0 aromatic heterocycles. The normalized spacial score (nSPS) is 12.1. The first-order chi connectivity index (χ1) is 12.3. The largest absolute Gasteiger partial charge is 0.492 e. The Labute approximate surface area is 154 Å². The quantitative estimate of drug-likeness (QED) is 0.626. The molecule has 0 fully saturated rings. The zero-order chi connectivity index (χ0) is 19.2. The van der Waals surface area contributed by atoms with Gasteiger partial charge in [0.25, 0.3) is 0 Å². The minimum atomic E-state index is -3.57. The minimum Gasteiger partial charge on any atom is -0.492 e. The zero-order valence-electron chi connectivity index (χ0n) is 14.6. The first-order valence-corrected chi connectivity index (χ1v) is 11.0. The van der Waals surface area contributed by atoms with Gasteiger partial charge < -0.3 is 4.74 Å². The van der Waals surface area contributed by atoms with Crippen LogP contribution in [0, 0.1) is 6.92 Å². The molecule has 0 aliphatic heterocycles. The molecule has 9 heteroatoms. The number of rotatable bonds is 9. The van der Waals surface area contributed by atoms with E-state index in [1.807, 2.05) is 0 Å². The number of ether oxygens (including phenoxy) is 1. The number of aryl methyl sites for hydroxylation is 1. The maximum Gasteiger partial charge on any atom is 0.240 e. The lowest BCUT2D eigenvalue weighted by molar-refractivity contribution is 0.320. The molecule has 0 heterocycles. The Morgan fingerprint density at radius 1 is 0.885 bits per heavy atom. The molecular weight excluding hydrogens is 376 g/mol. The average molecular weight is 399 g/mol. The van der Waals surface area contributed by atoms with Crippen LogP contribution in [0.25, 0.3) is 0 Å². The molecule has 2 N–H and O–H groups in total. The summed E-state index contributed by atoms with van der Waals surface area (Å²) in [6.07, 6.45) is 0. The van der Waals surface area contributed by atoms with Gasteiger partial charge in [0.15, 0.2) is 0 Å². The smallest absolute Gasteiger partial charge is 0.240 e. The van der Waals surface area contributed by atoms with Crippen molar-refractivity contribution in [3.63, 3.8) is 0 Å². The van der Waals surface area contributed by atoms with E-state index in [2.05, 4.69) is 9.44 Å². The lowest BCUT2D eigenvalue weighted by Crippen LogP contribution is -2.28. The molecular formula is C17H22N2O5S2. The van der Waals surface area contributed by atoms with E-state index in [0.29, 0.717) is 17.9 Å². The maximum atomic E-state index is 12.1. The number of hydrogen-bond donors (Lipinski definition) is 2. The Morgan fingerprint density at radius 2 is 1.54 bits per heavy atom. The van der Waals surface area contributed by atoms with Crippen LogP contribution >= 0.6 is 0 Å². The summed E-state index contributed by atoms with van der Waals surface area (Å²) in [4.78, 5) is 0.350. The third-order valence-corrected chi connectivity index (χ3v) is 6.52. The second kappa shape index (κ2) is 8.63. The Bertz CT molecular complexity index is 942. The third-order valence-electron chi connectivity index (χ3n) is 3.50. The molecule has 142 valence electrons. The SMILES string of the molecule is CCNS(=O)(=O)c1ccc(OCCNS(=O)(=O)c2ccccc2)c(C)c1. The first kappa shape index (κ1) is 20.4. The van der Waals surface area contributed by atoms with Gasteiger partial charge in [-0.25, -0.2) is 26.3 Å². The van der Waals surface area contributed by atoms with E-state index < -0.39 is 20.0 Å². The summed E-state index contributed by atoms with van der Waals surface area (Å²) in [5.41, 5.74) is 0.648. The van der Waals surface area contributed by atoms with E-state index in [4.69, 9.17) is 4.74 Å². The second-order valence-electron chi connectivity index (χ2n) is 5.49. The Hall–Kier alpha value is -1.94. The van der Waals surface area contributed by atoms with Crippen molar-refractivity contribution < 1.29 is 21.6 Å². The molecule has 26 heavy (non-hydrogen) atoms. The van der Waals surface area contributed by atoms with E-state index in [-0.39, 0.29) is 22.9 Å². The van der Waals surface area contributed by atoms with Crippen molar-refractivity contribution in [2.45, 2.75) is 23.6 Å². The molecule has 0 saturated heterocycles. The summed E-state index contributed by atoms with van der Waals surface area (Å²) in [5.74, 6) is 0.499. The number of hydrogen-bond acceptors (Lipinski definition) is 5. The molecule has 0 spiro atoms. The van der Waals surface area contributed by atoms with Crippen LogP contribution in [0.4, 0.5) is 0 Å². The van der Waals surface area contributed by atoms with E-state index in [9.17, 15) is 16.8 Å². The van der Waals surface area contributed by atoms with Crippen LogP contribution in [0.3, 0.4) is 0 Å². The number of nitrogens with one attached hydrogen (secondary N) is 2. The molecule has 2 rings (SSSR count). The summed E-state index contributed by atoms with van der Waals surface area (Å²) in [5, 5.41) is 0. The van der Waals surface area contributed by atoms with Crippen molar-refractivity contribution in [1.82, 2.24) is 9.44 Å². The highest BCUT2D eigenvalue weighted by atomic mass is 32.2. The highest BCUT2D eigenvalue weighted by Gasteiger charge is 2.15. The fraction of sp³-hybridized carbons (Fsp3) is 0.294. The van der Waals surface area contributed by atoms with Gasteiger partial charge in [0.1, 0.15) is 12.4 Å². The molecule has 0 bridgehead atoms. The molecule has 0 amide bonds. The molecule has 0 atom stereocenters. The molecule has 0 aliphatic carbocycles. The zero-order valence-corrected chi connectivity index (χ0v) is 16.2. The minimum absolute atomic E-state index is 0.0914. The van der Waals surface area contributed by atoms with Crippen molar-refractivity contribution >= 4 is 20.0 Å². The molecule has 2 aromatic rings. The Kier molecular flexibility index (Phi) is 6.76. The lowest BCUT2D eigenvalue weighted by Gasteiger charge is -2.12. The van der Waals surface area contributed by atoms with E-state index >= 15 is 0 Å². The predicted molar refractivity (Wildman–Crippen MR) is 99.2 cm³/mol. The van der Waals surface area contributed by atoms with E-state index in [1.165, 1.54) is 24.3 Å². The van der Waals surface area contributed by atoms with Crippen molar-refractivity contribution in [3.8, 4) is 5.75 Å². The van der Waals surface area contributed by atoms with Crippen molar-refractivity contribution in [2.24, 2.45) is 0 Å². The Morgan fingerprint density at radius 3 is 2.15 bits per heavy atom. The van der Waals surface area contributed by atoms with Gasteiger partial charge in [-0.2, -0.15) is 0 Å². The fourth-order valence-electron chi connectivity index (χ4n) is 2.24. The van der Waals surface area contributed by atoms with Crippen LogP contribution in [0.5, 0.6) is 5.75 Å². The predicted octanol–water partition coefficient (Wildman–Crippen LogP) is 1.65.